The van der Waals surface area contributed by atoms with Crippen molar-refractivity contribution in [2.24, 2.45) is 0 Å². The highest BCUT2D eigenvalue weighted by Crippen LogP contribution is 2.28. The third kappa shape index (κ3) is 4.29. The lowest BCUT2D eigenvalue weighted by atomic mass is 10.1. The molecule has 0 fully saturated rings. The topological polar surface area (TPSA) is 82.4 Å². The zero-order valence-electron chi connectivity index (χ0n) is 17.4. The first-order valence-corrected chi connectivity index (χ1v) is 10.3. The number of ether oxygens (including phenoxy) is 2. The lowest BCUT2D eigenvalue weighted by Gasteiger charge is -2.14. The summed E-state index contributed by atoms with van der Waals surface area (Å²) >= 11 is 3.05. The Morgan fingerprint density at radius 1 is 1.00 bits per heavy atom. The van der Waals surface area contributed by atoms with E-state index in [-0.39, 0.29) is 26.6 Å². The number of amides is 1. The zero-order chi connectivity index (χ0) is 23.7. The third-order valence-corrected chi connectivity index (χ3v) is 5.47. The SMILES string of the molecule is COc1cc(OC)cc(-n2nc(C(=O)Nc3c(F)cc(F)cc3Br)c3ccccc3c2=O)c1. The van der Waals surface area contributed by atoms with Crippen molar-refractivity contribution in [1.29, 1.82) is 0 Å². The Hall–Kier alpha value is -3.79. The molecule has 4 aromatic rings. The van der Waals surface area contributed by atoms with Gasteiger partial charge in [-0.15, -0.1) is 0 Å². The van der Waals surface area contributed by atoms with Gasteiger partial charge in [0.1, 0.15) is 17.3 Å². The molecule has 7 nitrogen and oxygen atoms in total. The Morgan fingerprint density at radius 3 is 2.24 bits per heavy atom. The van der Waals surface area contributed by atoms with E-state index in [1.54, 1.807) is 42.5 Å². The summed E-state index contributed by atoms with van der Waals surface area (Å²) in [5.74, 6) is -1.74. The molecule has 1 aromatic heterocycles. The summed E-state index contributed by atoms with van der Waals surface area (Å²) in [5.41, 5.74) is -0.576. The lowest BCUT2D eigenvalue weighted by Crippen LogP contribution is -2.26. The number of nitrogens with zero attached hydrogens (tertiary/aromatic N) is 2. The summed E-state index contributed by atoms with van der Waals surface area (Å²) in [4.78, 5) is 26.3. The van der Waals surface area contributed by atoms with Crippen molar-refractivity contribution in [3.8, 4) is 17.2 Å². The van der Waals surface area contributed by atoms with Gasteiger partial charge in [0.2, 0.25) is 0 Å². The van der Waals surface area contributed by atoms with E-state index < -0.39 is 23.1 Å². The van der Waals surface area contributed by atoms with Gasteiger partial charge in [0, 0.05) is 34.1 Å². The van der Waals surface area contributed by atoms with Crippen molar-refractivity contribution in [2.45, 2.75) is 0 Å². The normalized spacial score (nSPS) is 10.8. The number of benzene rings is 3. The van der Waals surface area contributed by atoms with Crippen LogP contribution in [0.25, 0.3) is 16.5 Å². The second-order valence-corrected chi connectivity index (χ2v) is 7.73. The molecular formula is C23H16BrF2N3O4. The lowest BCUT2D eigenvalue weighted by molar-refractivity contribution is 0.102. The molecule has 10 heteroatoms. The molecule has 1 heterocycles. The van der Waals surface area contributed by atoms with Gasteiger partial charge in [0.25, 0.3) is 11.5 Å². The minimum absolute atomic E-state index is 0.0171. The number of aromatic nitrogens is 2. The van der Waals surface area contributed by atoms with Crippen molar-refractivity contribution in [3.05, 3.63) is 86.8 Å². The second kappa shape index (κ2) is 8.99. The molecule has 0 atom stereocenters. The van der Waals surface area contributed by atoms with Gasteiger partial charge in [-0.05, 0) is 28.1 Å². The van der Waals surface area contributed by atoms with Crippen molar-refractivity contribution < 1.29 is 23.0 Å². The smallest absolute Gasteiger partial charge is 0.279 e. The molecular weight excluding hydrogens is 500 g/mol. The first kappa shape index (κ1) is 22.4. The molecule has 0 aliphatic heterocycles. The van der Waals surface area contributed by atoms with Gasteiger partial charge in [-0.2, -0.15) is 9.78 Å². The van der Waals surface area contributed by atoms with E-state index in [1.807, 2.05) is 0 Å². The average Bonchev–Trinajstić information content (AvgIpc) is 2.81. The number of anilines is 1. The van der Waals surface area contributed by atoms with Gasteiger partial charge >= 0.3 is 0 Å². The molecule has 0 bridgehead atoms. The van der Waals surface area contributed by atoms with Gasteiger partial charge < -0.3 is 14.8 Å². The van der Waals surface area contributed by atoms with Crippen LogP contribution >= 0.6 is 15.9 Å². The maximum absolute atomic E-state index is 14.3. The van der Waals surface area contributed by atoms with Crippen molar-refractivity contribution in [1.82, 2.24) is 9.78 Å². The molecule has 0 spiro atoms. The van der Waals surface area contributed by atoms with E-state index in [4.69, 9.17) is 9.47 Å². The summed E-state index contributed by atoms with van der Waals surface area (Å²) in [6.45, 7) is 0. The Labute approximate surface area is 194 Å². The molecule has 0 aliphatic carbocycles. The van der Waals surface area contributed by atoms with Crippen LogP contribution in [0.3, 0.4) is 0 Å². The van der Waals surface area contributed by atoms with Gasteiger partial charge in [-0.3, -0.25) is 9.59 Å². The van der Waals surface area contributed by atoms with Crippen LogP contribution in [0.15, 0.2) is 63.9 Å². The van der Waals surface area contributed by atoms with E-state index in [2.05, 4.69) is 26.3 Å². The third-order valence-electron chi connectivity index (χ3n) is 4.85. The first-order chi connectivity index (χ1) is 15.8. The largest absolute Gasteiger partial charge is 0.497 e. The van der Waals surface area contributed by atoms with E-state index >= 15 is 0 Å². The fourth-order valence-corrected chi connectivity index (χ4v) is 3.79. The van der Waals surface area contributed by atoms with Gasteiger partial charge in [-0.1, -0.05) is 18.2 Å². The Bertz CT molecular complexity index is 1410. The minimum atomic E-state index is -0.967. The first-order valence-electron chi connectivity index (χ1n) is 9.53. The summed E-state index contributed by atoms with van der Waals surface area (Å²) in [6.07, 6.45) is 0. The number of methoxy groups -OCH3 is 2. The highest BCUT2D eigenvalue weighted by atomic mass is 79.9. The zero-order valence-corrected chi connectivity index (χ0v) is 18.9. The number of nitrogens with one attached hydrogen (secondary N) is 1. The quantitative estimate of drug-likeness (QED) is 0.416. The molecule has 0 unspecified atom stereocenters. The molecule has 168 valence electrons. The molecule has 0 radical (unpaired) electrons. The van der Waals surface area contributed by atoms with Crippen molar-refractivity contribution >= 4 is 38.3 Å². The monoisotopic (exact) mass is 515 g/mol. The number of hydrogen-bond donors (Lipinski definition) is 1. The molecule has 1 amide bonds. The molecule has 33 heavy (non-hydrogen) atoms. The molecule has 1 N–H and O–H groups in total. The van der Waals surface area contributed by atoms with Crippen LogP contribution in [0.5, 0.6) is 11.5 Å². The summed E-state index contributed by atoms with van der Waals surface area (Å²) in [5, 5.41) is 7.16. The predicted molar refractivity (Wildman–Crippen MR) is 122 cm³/mol. The van der Waals surface area contributed by atoms with Crippen molar-refractivity contribution in [3.63, 3.8) is 0 Å². The Kier molecular flexibility index (Phi) is 6.10. The van der Waals surface area contributed by atoms with Crippen molar-refractivity contribution in [2.75, 3.05) is 19.5 Å². The van der Waals surface area contributed by atoms with E-state index in [9.17, 15) is 18.4 Å². The number of hydrogen-bond acceptors (Lipinski definition) is 5. The summed E-state index contributed by atoms with van der Waals surface area (Å²) < 4.78 is 39.3. The maximum atomic E-state index is 14.3. The highest BCUT2D eigenvalue weighted by Gasteiger charge is 2.21. The fraction of sp³-hybridized carbons (Fsp3) is 0.0870. The second-order valence-electron chi connectivity index (χ2n) is 6.88. The number of fused-ring (bicyclic) bond motifs is 1. The molecule has 0 saturated heterocycles. The van der Waals surface area contributed by atoms with Gasteiger partial charge in [0.05, 0.1) is 31.0 Å². The van der Waals surface area contributed by atoms with Gasteiger partial charge in [-0.25, -0.2) is 8.78 Å². The van der Waals surface area contributed by atoms with Crippen LogP contribution < -0.4 is 20.3 Å². The van der Waals surface area contributed by atoms with E-state index in [0.717, 1.165) is 10.7 Å². The predicted octanol–water partition coefficient (Wildman–Crippen LogP) is 4.70. The van der Waals surface area contributed by atoms with Crippen LogP contribution in [-0.4, -0.2) is 29.9 Å². The summed E-state index contributed by atoms with van der Waals surface area (Å²) in [7, 11) is 2.92. The highest BCUT2D eigenvalue weighted by molar-refractivity contribution is 9.10. The van der Waals surface area contributed by atoms with E-state index in [1.165, 1.54) is 14.2 Å². The van der Waals surface area contributed by atoms with E-state index in [0.29, 0.717) is 23.3 Å². The number of carbonyl (C=O) groups is 1. The average molecular weight is 516 g/mol. The van der Waals surface area contributed by atoms with Gasteiger partial charge in [0.15, 0.2) is 11.5 Å². The van der Waals surface area contributed by atoms with Crippen LogP contribution in [0.2, 0.25) is 0 Å². The molecule has 4 rings (SSSR count). The fourth-order valence-electron chi connectivity index (χ4n) is 3.28. The molecule has 0 saturated carbocycles. The maximum Gasteiger partial charge on any atom is 0.279 e. The van der Waals surface area contributed by atoms with Crippen LogP contribution in [0.1, 0.15) is 10.5 Å². The van der Waals surface area contributed by atoms with Crippen LogP contribution in [0.4, 0.5) is 14.5 Å². The number of carbonyl (C=O) groups excluding carboxylic acids is 1. The molecule has 0 aliphatic rings. The van der Waals surface area contributed by atoms with Crippen LogP contribution in [-0.2, 0) is 0 Å². The summed E-state index contributed by atoms with van der Waals surface area (Å²) in [6, 6.07) is 12.8. The number of halogens is 3. The number of rotatable bonds is 5. The standard InChI is InChI=1S/C23H16BrF2N3O4/c1-32-14-9-13(10-15(11-14)33-2)29-23(31)17-6-4-3-5-16(17)20(28-29)22(30)27-21-18(24)7-12(25)8-19(21)26/h3-11H,1-2H3,(H,27,30). The molecule has 3 aromatic carbocycles. The van der Waals surface area contributed by atoms with Crippen LogP contribution in [0, 0.1) is 11.6 Å². The Morgan fingerprint density at radius 2 is 1.64 bits per heavy atom. The Balaban J connectivity index is 1.91. The minimum Gasteiger partial charge on any atom is -0.497 e.